The number of hydrogen-bond donors (Lipinski definition) is 0. The number of nitrogens with zero attached hydrogens (tertiary/aromatic N) is 5. The number of carbonyl (C=O) groups excluding carboxylic acids is 1. The Labute approximate surface area is 151 Å². The molecule has 1 saturated heterocycles. The van der Waals surface area contributed by atoms with Gasteiger partial charge in [-0.1, -0.05) is 17.3 Å². The van der Waals surface area contributed by atoms with Crippen LogP contribution in [0.3, 0.4) is 0 Å². The van der Waals surface area contributed by atoms with Gasteiger partial charge in [-0.2, -0.15) is 0 Å². The minimum absolute atomic E-state index is 0.0290. The molecule has 1 aromatic heterocycles. The zero-order chi connectivity index (χ0) is 18.1. The number of carbonyl (C=O) groups is 1. The summed E-state index contributed by atoms with van der Waals surface area (Å²) in [6, 6.07) is 6.39. The number of rotatable bonds is 4. The van der Waals surface area contributed by atoms with Crippen molar-refractivity contribution in [3.8, 4) is 0 Å². The molecule has 2 aromatic rings. The third-order valence-electron chi connectivity index (χ3n) is 5.05. The molecule has 4 rings (SSSR count). The third-order valence-corrected chi connectivity index (χ3v) is 5.05. The van der Waals surface area contributed by atoms with Crippen LogP contribution in [-0.2, 0) is 22.7 Å². The molecule has 0 N–H and O–H groups in total. The van der Waals surface area contributed by atoms with Crippen molar-refractivity contribution >= 4 is 5.91 Å². The van der Waals surface area contributed by atoms with Crippen LogP contribution in [0.25, 0.3) is 0 Å². The number of ether oxygens (including phenoxy) is 1. The van der Waals surface area contributed by atoms with Crippen molar-refractivity contribution in [1.82, 2.24) is 24.8 Å². The molecule has 1 aromatic carbocycles. The van der Waals surface area contributed by atoms with E-state index in [-0.39, 0.29) is 23.9 Å². The van der Waals surface area contributed by atoms with E-state index in [0.29, 0.717) is 32.8 Å². The summed E-state index contributed by atoms with van der Waals surface area (Å²) in [5.41, 5.74) is 1.93. The average molecular weight is 359 g/mol. The predicted molar refractivity (Wildman–Crippen MR) is 91.6 cm³/mol. The molecule has 0 bridgehead atoms. The quantitative estimate of drug-likeness (QED) is 0.821. The maximum absolute atomic E-state index is 13.0. The second kappa shape index (κ2) is 7.13. The molecule has 8 heteroatoms. The van der Waals surface area contributed by atoms with Crippen molar-refractivity contribution in [2.24, 2.45) is 0 Å². The topological polar surface area (TPSA) is 63.5 Å². The molecular formula is C18H22FN5O2. The Morgan fingerprint density at radius 2 is 2.19 bits per heavy atom. The summed E-state index contributed by atoms with van der Waals surface area (Å²) >= 11 is 0. The first-order valence-electron chi connectivity index (χ1n) is 8.81. The fourth-order valence-corrected chi connectivity index (χ4v) is 3.69. The standard InChI is InChI=1S/C18H22FN5O2/c1-22(9-13-2-4-14(19)5-3-13)11-18(25)23-7-6-17-16(10-23)24-15(12-26-17)8-20-21-24/h2-5,8,16-17H,6-7,9-12H2,1H3. The van der Waals surface area contributed by atoms with Gasteiger partial charge in [-0.05, 0) is 31.2 Å². The molecule has 2 unspecified atom stereocenters. The second-order valence-corrected chi connectivity index (χ2v) is 7.01. The van der Waals surface area contributed by atoms with Gasteiger partial charge in [0.25, 0.3) is 0 Å². The highest BCUT2D eigenvalue weighted by atomic mass is 19.1. The van der Waals surface area contributed by atoms with Crippen LogP contribution in [0.5, 0.6) is 0 Å². The van der Waals surface area contributed by atoms with Crippen LogP contribution < -0.4 is 0 Å². The molecule has 1 fully saturated rings. The monoisotopic (exact) mass is 359 g/mol. The van der Waals surface area contributed by atoms with Gasteiger partial charge in [-0.25, -0.2) is 9.07 Å². The summed E-state index contributed by atoms with van der Waals surface area (Å²) in [4.78, 5) is 16.5. The zero-order valence-corrected chi connectivity index (χ0v) is 14.7. The van der Waals surface area contributed by atoms with E-state index in [1.54, 1.807) is 18.3 Å². The zero-order valence-electron chi connectivity index (χ0n) is 14.7. The summed E-state index contributed by atoms with van der Waals surface area (Å²) in [6.07, 6.45) is 2.61. The molecule has 0 aliphatic carbocycles. The van der Waals surface area contributed by atoms with Crippen molar-refractivity contribution in [3.05, 3.63) is 47.5 Å². The fraction of sp³-hybridized carbons (Fsp3) is 0.500. The number of amides is 1. The Bertz CT molecular complexity index is 778. The van der Waals surface area contributed by atoms with Gasteiger partial charge >= 0.3 is 0 Å². The van der Waals surface area contributed by atoms with Crippen LogP contribution in [0.15, 0.2) is 30.5 Å². The molecule has 2 aliphatic rings. The molecule has 0 radical (unpaired) electrons. The van der Waals surface area contributed by atoms with E-state index in [0.717, 1.165) is 17.7 Å². The molecular weight excluding hydrogens is 337 g/mol. The molecule has 2 aliphatic heterocycles. The Kier molecular flexibility index (Phi) is 4.69. The second-order valence-electron chi connectivity index (χ2n) is 7.01. The lowest BCUT2D eigenvalue weighted by molar-refractivity contribution is -0.139. The summed E-state index contributed by atoms with van der Waals surface area (Å²) in [7, 11) is 1.90. The largest absolute Gasteiger partial charge is 0.370 e. The number of benzene rings is 1. The van der Waals surface area contributed by atoms with E-state index in [4.69, 9.17) is 4.74 Å². The Morgan fingerprint density at radius 3 is 3.00 bits per heavy atom. The van der Waals surface area contributed by atoms with Gasteiger partial charge in [-0.3, -0.25) is 9.69 Å². The minimum Gasteiger partial charge on any atom is -0.370 e. The number of hydrogen-bond acceptors (Lipinski definition) is 5. The van der Waals surface area contributed by atoms with Crippen molar-refractivity contribution in [3.63, 3.8) is 0 Å². The molecule has 1 amide bonds. The van der Waals surface area contributed by atoms with E-state index >= 15 is 0 Å². The van der Waals surface area contributed by atoms with E-state index in [2.05, 4.69) is 10.3 Å². The Balaban J connectivity index is 1.36. The number of fused-ring (bicyclic) bond motifs is 3. The van der Waals surface area contributed by atoms with Crippen molar-refractivity contribution < 1.29 is 13.9 Å². The maximum Gasteiger partial charge on any atom is 0.236 e. The van der Waals surface area contributed by atoms with E-state index in [9.17, 15) is 9.18 Å². The Morgan fingerprint density at radius 1 is 1.38 bits per heavy atom. The van der Waals surface area contributed by atoms with E-state index in [1.165, 1.54) is 12.1 Å². The summed E-state index contributed by atoms with van der Waals surface area (Å²) in [6.45, 7) is 2.73. The van der Waals surface area contributed by atoms with Crippen LogP contribution in [0.4, 0.5) is 4.39 Å². The van der Waals surface area contributed by atoms with Gasteiger partial charge in [0.05, 0.1) is 37.2 Å². The molecule has 2 atom stereocenters. The third kappa shape index (κ3) is 3.47. The fourth-order valence-electron chi connectivity index (χ4n) is 3.69. The van der Waals surface area contributed by atoms with Crippen molar-refractivity contribution in [1.29, 1.82) is 0 Å². The highest BCUT2D eigenvalue weighted by Gasteiger charge is 2.37. The van der Waals surface area contributed by atoms with E-state index < -0.39 is 0 Å². The SMILES string of the molecule is CN(CC(=O)N1CCC2OCc3cnnn3C2C1)Cc1ccc(F)cc1. The van der Waals surface area contributed by atoms with Crippen molar-refractivity contribution in [2.45, 2.75) is 31.7 Å². The lowest BCUT2D eigenvalue weighted by Crippen LogP contribution is -2.51. The minimum atomic E-state index is -0.252. The molecule has 7 nitrogen and oxygen atoms in total. The van der Waals surface area contributed by atoms with Gasteiger partial charge < -0.3 is 9.64 Å². The van der Waals surface area contributed by atoms with Gasteiger partial charge in [-0.15, -0.1) is 5.10 Å². The average Bonchev–Trinajstić information content (AvgIpc) is 3.12. The van der Waals surface area contributed by atoms with Gasteiger partial charge in [0, 0.05) is 19.6 Å². The van der Waals surface area contributed by atoms with Crippen LogP contribution in [-0.4, -0.2) is 63.5 Å². The molecule has 0 spiro atoms. The van der Waals surface area contributed by atoms with Gasteiger partial charge in [0.15, 0.2) is 0 Å². The van der Waals surface area contributed by atoms with Crippen LogP contribution in [0.2, 0.25) is 0 Å². The van der Waals surface area contributed by atoms with E-state index in [1.807, 2.05) is 21.5 Å². The molecule has 3 heterocycles. The van der Waals surface area contributed by atoms with Crippen LogP contribution in [0.1, 0.15) is 23.7 Å². The number of likely N-dealkylation sites (tertiary alicyclic amines) is 1. The number of halogens is 1. The first-order chi connectivity index (χ1) is 12.6. The van der Waals surface area contributed by atoms with Crippen LogP contribution in [0, 0.1) is 5.82 Å². The maximum atomic E-state index is 13.0. The lowest BCUT2D eigenvalue weighted by atomic mass is 10.0. The van der Waals surface area contributed by atoms with Gasteiger partial charge in [0.1, 0.15) is 5.82 Å². The Hall–Kier alpha value is -2.32. The normalized spacial score (nSPS) is 22.2. The summed E-state index contributed by atoms with van der Waals surface area (Å²) < 4.78 is 20.8. The number of likely N-dealkylation sites (N-methyl/N-ethyl adjacent to an activating group) is 1. The predicted octanol–water partition coefficient (Wildman–Crippen LogP) is 1.22. The smallest absolute Gasteiger partial charge is 0.236 e. The first kappa shape index (κ1) is 17.1. The first-order valence-corrected chi connectivity index (χ1v) is 8.81. The summed E-state index contributed by atoms with van der Waals surface area (Å²) in [5, 5.41) is 8.13. The number of piperidine rings is 1. The number of aromatic nitrogens is 3. The highest BCUT2D eigenvalue weighted by molar-refractivity contribution is 5.78. The van der Waals surface area contributed by atoms with Crippen molar-refractivity contribution in [2.75, 3.05) is 26.7 Å². The van der Waals surface area contributed by atoms with Crippen LogP contribution >= 0.6 is 0 Å². The highest BCUT2D eigenvalue weighted by Crippen LogP contribution is 2.30. The molecule has 138 valence electrons. The molecule has 26 heavy (non-hydrogen) atoms. The lowest BCUT2D eigenvalue weighted by Gasteiger charge is -2.41. The van der Waals surface area contributed by atoms with Gasteiger partial charge in [0.2, 0.25) is 5.91 Å². The summed E-state index contributed by atoms with van der Waals surface area (Å²) in [5.74, 6) is -0.169. The molecule has 0 saturated carbocycles.